The van der Waals surface area contributed by atoms with E-state index in [0.29, 0.717) is 21.7 Å². The number of rotatable bonds is 2. The van der Waals surface area contributed by atoms with E-state index in [4.69, 9.17) is 16.9 Å². The van der Waals surface area contributed by atoms with Gasteiger partial charge in [-0.25, -0.2) is 0 Å². The van der Waals surface area contributed by atoms with Crippen molar-refractivity contribution in [2.45, 2.75) is 12.6 Å². The molecule has 0 saturated carbocycles. The fourth-order valence-electron chi connectivity index (χ4n) is 1.92. The van der Waals surface area contributed by atoms with Gasteiger partial charge in [-0.15, -0.1) is 0 Å². The van der Waals surface area contributed by atoms with E-state index in [0.717, 1.165) is 12.1 Å². The van der Waals surface area contributed by atoms with E-state index >= 15 is 0 Å². The van der Waals surface area contributed by atoms with Crippen LogP contribution in [0.2, 0.25) is 5.02 Å². The first-order valence-electron chi connectivity index (χ1n) is 5.75. The van der Waals surface area contributed by atoms with Crippen LogP contribution in [-0.2, 0) is 12.6 Å². The van der Waals surface area contributed by atoms with Gasteiger partial charge in [0.15, 0.2) is 0 Å². The molecule has 0 atom stereocenters. The monoisotopic (exact) mass is 295 g/mol. The molecule has 0 radical (unpaired) electrons. The number of hydrogen-bond donors (Lipinski definition) is 0. The number of hydrogen-bond acceptors (Lipinski definition) is 1. The van der Waals surface area contributed by atoms with Gasteiger partial charge in [0, 0.05) is 10.6 Å². The fourth-order valence-corrected chi connectivity index (χ4v) is 2.16. The van der Waals surface area contributed by atoms with Crippen LogP contribution in [0.5, 0.6) is 0 Å². The Kier molecular flexibility index (Phi) is 4.01. The molecule has 2 rings (SSSR count). The zero-order valence-corrected chi connectivity index (χ0v) is 11.0. The molecule has 0 aliphatic rings. The summed E-state index contributed by atoms with van der Waals surface area (Å²) in [5.74, 6) is 0. The normalized spacial score (nSPS) is 11.2. The van der Waals surface area contributed by atoms with E-state index in [1.807, 2.05) is 6.07 Å². The predicted molar refractivity (Wildman–Crippen MR) is 71.2 cm³/mol. The molecule has 20 heavy (non-hydrogen) atoms. The molecule has 0 unspecified atom stereocenters. The minimum absolute atomic E-state index is 0.0265. The van der Waals surface area contributed by atoms with Crippen molar-refractivity contribution in [3.8, 4) is 17.2 Å². The molecule has 0 heterocycles. The Morgan fingerprint density at radius 3 is 2.35 bits per heavy atom. The highest BCUT2D eigenvalue weighted by molar-refractivity contribution is 6.33. The maximum absolute atomic E-state index is 12.8. The molecule has 2 aromatic rings. The summed E-state index contributed by atoms with van der Waals surface area (Å²) in [6, 6.07) is 11.9. The van der Waals surface area contributed by atoms with Crippen molar-refractivity contribution >= 4 is 11.6 Å². The Hall–Kier alpha value is -1.99. The van der Waals surface area contributed by atoms with Crippen molar-refractivity contribution in [3.63, 3.8) is 0 Å². The molecule has 0 fully saturated rings. The molecule has 0 amide bonds. The van der Waals surface area contributed by atoms with Crippen LogP contribution in [0.4, 0.5) is 13.2 Å². The van der Waals surface area contributed by atoms with Crippen molar-refractivity contribution in [1.29, 1.82) is 5.26 Å². The highest BCUT2D eigenvalue weighted by atomic mass is 35.5. The maximum Gasteiger partial charge on any atom is 0.416 e. The van der Waals surface area contributed by atoms with E-state index in [9.17, 15) is 13.2 Å². The molecule has 0 aliphatic heterocycles. The molecule has 0 aromatic heterocycles. The molecular weight excluding hydrogens is 287 g/mol. The summed E-state index contributed by atoms with van der Waals surface area (Å²) >= 11 is 6.03. The lowest BCUT2D eigenvalue weighted by atomic mass is 9.95. The minimum atomic E-state index is -4.43. The van der Waals surface area contributed by atoms with Crippen LogP contribution in [0.1, 0.15) is 11.1 Å². The van der Waals surface area contributed by atoms with Gasteiger partial charge in [0.25, 0.3) is 0 Å². The van der Waals surface area contributed by atoms with Crippen LogP contribution < -0.4 is 0 Å². The number of nitrogens with zero attached hydrogens (tertiary/aromatic N) is 1. The molecule has 0 aliphatic carbocycles. The Labute approximate surface area is 119 Å². The van der Waals surface area contributed by atoms with Gasteiger partial charge in [0.1, 0.15) is 0 Å². The molecule has 5 heteroatoms. The summed E-state index contributed by atoms with van der Waals surface area (Å²) in [7, 11) is 0. The Morgan fingerprint density at radius 2 is 1.75 bits per heavy atom. The molecule has 0 N–H and O–H groups in total. The zero-order valence-electron chi connectivity index (χ0n) is 10.2. The quantitative estimate of drug-likeness (QED) is 0.757. The van der Waals surface area contributed by atoms with Crippen molar-refractivity contribution in [1.82, 2.24) is 0 Å². The van der Waals surface area contributed by atoms with Gasteiger partial charge in [0.2, 0.25) is 0 Å². The Balaban J connectivity index is 2.65. The molecular formula is C15H9ClF3N. The summed E-state index contributed by atoms with van der Waals surface area (Å²) < 4.78 is 38.4. The minimum Gasteiger partial charge on any atom is -0.198 e. The van der Waals surface area contributed by atoms with Crippen molar-refractivity contribution in [2.24, 2.45) is 0 Å². The molecule has 0 spiro atoms. The SMILES string of the molecule is N#CCc1ccc(C(F)(F)F)cc1-c1ccccc1Cl. The van der Waals surface area contributed by atoms with Gasteiger partial charge >= 0.3 is 6.18 Å². The number of halogens is 4. The van der Waals surface area contributed by atoms with E-state index in [2.05, 4.69) is 0 Å². The third-order valence-electron chi connectivity index (χ3n) is 2.87. The highest BCUT2D eigenvalue weighted by Crippen LogP contribution is 2.36. The Morgan fingerprint density at radius 1 is 1.05 bits per heavy atom. The second kappa shape index (κ2) is 5.56. The molecule has 0 saturated heterocycles. The Bertz CT molecular complexity index is 672. The smallest absolute Gasteiger partial charge is 0.198 e. The summed E-state index contributed by atoms with van der Waals surface area (Å²) in [4.78, 5) is 0. The second-order valence-corrected chi connectivity index (χ2v) is 4.59. The zero-order chi connectivity index (χ0) is 14.8. The van der Waals surface area contributed by atoms with Gasteiger partial charge in [-0.05, 0) is 29.3 Å². The second-order valence-electron chi connectivity index (χ2n) is 4.18. The van der Waals surface area contributed by atoms with Crippen molar-refractivity contribution in [3.05, 3.63) is 58.6 Å². The topological polar surface area (TPSA) is 23.8 Å². The lowest BCUT2D eigenvalue weighted by Crippen LogP contribution is -2.05. The standard InChI is InChI=1S/C15H9ClF3N/c16-14-4-2-1-3-12(14)13-9-11(15(17,18)19)6-5-10(13)7-8-20/h1-6,9H,7H2. The summed E-state index contributed by atoms with van der Waals surface area (Å²) in [5.41, 5.74) is 0.597. The van der Waals surface area contributed by atoms with Gasteiger partial charge in [-0.2, -0.15) is 18.4 Å². The lowest BCUT2D eigenvalue weighted by Gasteiger charge is -2.13. The molecule has 0 bridgehead atoms. The number of alkyl halides is 3. The van der Waals surface area contributed by atoms with E-state index < -0.39 is 11.7 Å². The maximum atomic E-state index is 12.8. The summed E-state index contributed by atoms with van der Waals surface area (Å²) in [6.07, 6.45) is -4.40. The fraction of sp³-hybridized carbons (Fsp3) is 0.133. The van der Waals surface area contributed by atoms with Crippen LogP contribution in [0, 0.1) is 11.3 Å². The summed E-state index contributed by atoms with van der Waals surface area (Å²) in [6.45, 7) is 0. The largest absolute Gasteiger partial charge is 0.416 e. The van der Waals surface area contributed by atoms with Crippen LogP contribution in [0.15, 0.2) is 42.5 Å². The van der Waals surface area contributed by atoms with Gasteiger partial charge in [-0.3, -0.25) is 0 Å². The van der Waals surface area contributed by atoms with Gasteiger partial charge in [-0.1, -0.05) is 35.9 Å². The first-order valence-corrected chi connectivity index (χ1v) is 6.13. The number of benzene rings is 2. The van der Waals surface area contributed by atoms with Gasteiger partial charge < -0.3 is 0 Å². The first kappa shape index (κ1) is 14.4. The summed E-state index contributed by atoms with van der Waals surface area (Å²) in [5, 5.41) is 9.14. The molecule has 1 nitrogen and oxygen atoms in total. The van der Waals surface area contributed by atoms with Crippen LogP contribution in [-0.4, -0.2) is 0 Å². The van der Waals surface area contributed by atoms with E-state index in [-0.39, 0.29) is 6.42 Å². The third kappa shape index (κ3) is 2.94. The van der Waals surface area contributed by atoms with Gasteiger partial charge in [0.05, 0.1) is 18.1 Å². The third-order valence-corrected chi connectivity index (χ3v) is 3.20. The average molecular weight is 296 g/mol. The molecule has 102 valence electrons. The van der Waals surface area contributed by atoms with E-state index in [1.54, 1.807) is 24.3 Å². The van der Waals surface area contributed by atoms with Crippen LogP contribution in [0.25, 0.3) is 11.1 Å². The first-order chi connectivity index (χ1) is 9.43. The van der Waals surface area contributed by atoms with E-state index in [1.165, 1.54) is 6.07 Å². The molecule has 2 aromatic carbocycles. The average Bonchev–Trinajstić information content (AvgIpc) is 2.39. The van der Waals surface area contributed by atoms with Crippen LogP contribution >= 0.6 is 11.6 Å². The predicted octanol–water partition coefficient (Wildman–Crippen LogP) is 5.09. The van der Waals surface area contributed by atoms with Crippen LogP contribution in [0.3, 0.4) is 0 Å². The van der Waals surface area contributed by atoms with Crippen molar-refractivity contribution < 1.29 is 13.2 Å². The lowest BCUT2D eigenvalue weighted by molar-refractivity contribution is -0.137. The van der Waals surface area contributed by atoms with Crippen molar-refractivity contribution in [2.75, 3.05) is 0 Å². The number of nitriles is 1. The highest BCUT2D eigenvalue weighted by Gasteiger charge is 2.31.